The Hall–Kier alpha value is -2.29. The van der Waals surface area contributed by atoms with Gasteiger partial charge in [-0.1, -0.05) is 0 Å². The number of anilines is 1. The van der Waals surface area contributed by atoms with Crippen LogP contribution in [0.5, 0.6) is 0 Å². The van der Waals surface area contributed by atoms with Crippen LogP contribution in [0.4, 0.5) is 10.1 Å². The minimum Gasteiger partial charge on any atom is -0.377 e. The molecule has 0 bridgehead atoms. The number of carbonyl (C=O) groups excluding carboxylic acids is 1. The standard InChI is InChI=1S/C19H21FN2O4S/c1-22(13-17-3-2-12-26-17)27(24,25)18-10-4-14(5-11-18)19(23)21-16-8-6-15(20)7-9-16/h4-11,17H,2-3,12-13H2,1H3,(H,21,23)/t17-/m1/s1. The fourth-order valence-electron chi connectivity index (χ4n) is 2.87. The minimum atomic E-state index is -3.65. The van der Waals surface area contributed by atoms with Crippen LogP contribution in [0.25, 0.3) is 0 Å². The molecule has 144 valence electrons. The van der Waals surface area contributed by atoms with E-state index < -0.39 is 21.7 Å². The molecule has 0 unspecified atom stereocenters. The first-order valence-electron chi connectivity index (χ1n) is 8.61. The van der Waals surface area contributed by atoms with Crippen LogP contribution >= 0.6 is 0 Å². The van der Waals surface area contributed by atoms with E-state index in [2.05, 4.69) is 5.32 Å². The predicted octanol–water partition coefficient (Wildman–Crippen LogP) is 2.88. The lowest BCUT2D eigenvalue weighted by Gasteiger charge is -2.20. The number of hydrogen-bond acceptors (Lipinski definition) is 4. The molecule has 0 aliphatic carbocycles. The topological polar surface area (TPSA) is 75.7 Å². The van der Waals surface area contributed by atoms with Crippen molar-refractivity contribution < 1.29 is 22.3 Å². The van der Waals surface area contributed by atoms with E-state index in [4.69, 9.17) is 4.74 Å². The van der Waals surface area contributed by atoms with Crippen LogP contribution in [0, 0.1) is 5.82 Å². The molecule has 6 nitrogen and oxygen atoms in total. The Morgan fingerprint density at radius 2 is 1.85 bits per heavy atom. The van der Waals surface area contributed by atoms with E-state index >= 15 is 0 Å². The summed E-state index contributed by atoms with van der Waals surface area (Å²) in [5.41, 5.74) is 0.759. The minimum absolute atomic E-state index is 0.0782. The number of likely N-dealkylation sites (N-methyl/N-ethyl adjacent to an activating group) is 1. The number of benzene rings is 2. The zero-order valence-corrected chi connectivity index (χ0v) is 15.7. The second kappa shape index (κ2) is 8.16. The Kier molecular flexibility index (Phi) is 5.88. The highest BCUT2D eigenvalue weighted by atomic mass is 32.2. The van der Waals surface area contributed by atoms with Crippen molar-refractivity contribution in [3.63, 3.8) is 0 Å². The van der Waals surface area contributed by atoms with Gasteiger partial charge in [0.1, 0.15) is 5.82 Å². The van der Waals surface area contributed by atoms with Gasteiger partial charge in [-0.3, -0.25) is 4.79 Å². The van der Waals surface area contributed by atoms with E-state index in [1.807, 2.05) is 0 Å². The third-order valence-electron chi connectivity index (χ3n) is 4.41. The van der Waals surface area contributed by atoms with Gasteiger partial charge in [-0.25, -0.2) is 12.8 Å². The summed E-state index contributed by atoms with van der Waals surface area (Å²) in [6.07, 6.45) is 1.71. The normalized spacial score (nSPS) is 17.2. The first kappa shape index (κ1) is 19.5. The van der Waals surface area contributed by atoms with Crippen molar-refractivity contribution in [2.75, 3.05) is 25.5 Å². The average Bonchev–Trinajstić information content (AvgIpc) is 3.16. The number of carbonyl (C=O) groups is 1. The van der Waals surface area contributed by atoms with Crippen molar-refractivity contribution in [3.05, 3.63) is 59.9 Å². The van der Waals surface area contributed by atoms with Crippen molar-refractivity contribution in [1.82, 2.24) is 4.31 Å². The number of sulfonamides is 1. The molecule has 1 amide bonds. The summed E-state index contributed by atoms with van der Waals surface area (Å²) in [5, 5.41) is 2.63. The van der Waals surface area contributed by atoms with Gasteiger partial charge in [-0.05, 0) is 61.4 Å². The van der Waals surface area contributed by atoms with Crippen LogP contribution in [0.2, 0.25) is 0 Å². The number of amides is 1. The molecule has 1 aliphatic rings. The van der Waals surface area contributed by atoms with Crippen LogP contribution in [-0.4, -0.2) is 44.9 Å². The maximum atomic E-state index is 12.9. The summed E-state index contributed by atoms with van der Waals surface area (Å²) >= 11 is 0. The number of nitrogens with one attached hydrogen (secondary N) is 1. The van der Waals surface area contributed by atoms with E-state index in [0.717, 1.165) is 12.8 Å². The second-order valence-corrected chi connectivity index (χ2v) is 8.45. The molecule has 0 saturated carbocycles. The number of rotatable bonds is 6. The van der Waals surface area contributed by atoms with E-state index in [1.165, 1.54) is 59.9 Å². The highest BCUT2D eigenvalue weighted by Crippen LogP contribution is 2.20. The van der Waals surface area contributed by atoms with E-state index in [9.17, 15) is 17.6 Å². The van der Waals surface area contributed by atoms with Gasteiger partial charge in [0.2, 0.25) is 10.0 Å². The summed E-state index contributed by atoms with van der Waals surface area (Å²) in [7, 11) is -2.13. The summed E-state index contributed by atoms with van der Waals surface area (Å²) in [5.74, 6) is -0.798. The third-order valence-corrected chi connectivity index (χ3v) is 6.25. The van der Waals surface area contributed by atoms with Gasteiger partial charge < -0.3 is 10.1 Å². The Balaban J connectivity index is 1.68. The van der Waals surface area contributed by atoms with E-state index in [-0.39, 0.29) is 11.0 Å². The molecule has 0 radical (unpaired) electrons. The van der Waals surface area contributed by atoms with Crippen molar-refractivity contribution in [2.24, 2.45) is 0 Å². The smallest absolute Gasteiger partial charge is 0.255 e. The molecule has 1 N–H and O–H groups in total. The number of hydrogen-bond donors (Lipinski definition) is 1. The van der Waals surface area contributed by atoms with Gasteiger partial charge in [0, 0.05) is 31.5 Å². The Morgan fingerprint density at radius 3 is 2.44 bits per heavy atom. The number of halogens is 1. The molecular formula is C19H21FN2O4S. The van der Waals surface area contributed by atoms with Crippen molar-refractivity contribution in [1.29, 1.82) is 0 Å². The quantitative estimate of drug-likeness (QED) is 0.820. The largest absolute Gasteiger partial charge is 0.377 e. The first-order valence-corrected chi connectivity index (χ1v) is 10.1. The van der Waals surface area contributed by atoms with Crippen molar-refractivity contribution in [2.45, 2.75) is 23.8 Å². The maximum absolute atomic E-state index is 12.9. The lowest BCUT2D eigenvalue weighted by molar-refractivity contribution is 0.0979. The van der Waals surface area contributed by atoms with Crippen molar-refractivity contribution >= 4 is 21.6 Å². The van der Waals surface area contributed by atoms with Gasteiger partial charge in [0.15, 0.2) is 0 Å². The highest BCUT2D eigenvalue weighted by Gasteiger charge is 2.26. The van der Waals surface area contributed by atoms with Gasteiger partial charge in [-0.15, -0.1) is 0 Å². The highest BCUT2D eigenvalue weighted by molar-refractivity contribution is 7.89. The van der Waals surface area contributed by atoms with Crippen LogP contribution in [0.3, 0.4) is 0 Å². The van der Waals surface area contributed by atoms with Gasteiger partial charge in [0.25, 0.3) is 5.91 Å². The molecule has 27 heavy (non-hydrogen) atoms. The summed E-state index contributed by atoms with van der Waals surface area (Å²) in [6, 6.07) is 11.1. The molecule has 1 atom stereocenters. The molecule has 1 saturated heterocycles. The summed E-state index contributed by atoms with van der Waals surface area (Å²) in [6.45, 7) is 0.964. The van der Waals surface area contributed by atoms with Gasteiger partial charge >= 0.3 is 0 Å². The average molecular weight is 392 g/mol. The third kappa shape index (κ3) is 4.71. The monoisotopic (exact) mass is 392 g/mol. The predicted molar refractivity (Wildman–Crippen MR) is 99.6 cm³/mol. The number of nitrogens with zero attached hydrogens (tertiary/aromatic N) is 1. The van der Waals surface area contributed by atoms with Crippen LogP contribution in [0.15, 0.2) is 53.4 Å². The molecule has 0 spiro atoms. The lowest BCUT2D eigenvalue weighted by Crippen LogP contribution is -2.34. The number of ether oxygens (including phenoxy) is 1. The van der Waals surface area contributed by atoms with Crippen LogP contribution < -0.4 is 5.32 Å². The summed E-state index contributed by atoms with van der Waals surface area (Å²) < 4.78 is 45.0. The van der Waals surface area contributed by atoms with Gasteiger partial charge in [-0.2, -0.15) is 4.31 Å². The zero-order valence-electron chi connectivity index (χ0n) is 14.9. The van der Waals surface area contributed by atoms with Gasteiger partial charge in [0.05, 0.1) is 11.0 Å². The van der Waals surface area contributed by atoms with Crippen molar-refractivity contribution in [3.8, 4) is 0 Å². The molecule has 3 rings (SSSR count). The molecule has 2 aromatic rings. The molecule has 0 aromatic heterocycles. The second-order valence-electron chi connectivity index (χ2n) is 6.41. The van der Waals surface area contributed by atoms with Crippen LogP contribution in [-0.2, 0) is 14.8 Å². The SMILES string of the molecule is CN(C[C@H]1CCCO1)S(=O)(=O)c1ccc(C(=O)Nc2ccc(F)cc2)cc1. The zero-order chi connectivity index (χ0) is 19.4. The fraction of sp³-hybridized carbons (Fsp3) is 0.316. The molecule has 8 heteroatoms. The van der Waals surface area contributed by atoms with Crippen LogP contribution in [0.1, 0.15) is 23.2 Å². The lowest BCUT2D eigenvalue weighted by atomic mass is 10.2. The molecule has 1 heterocycles. The Labute approximate surface area is 158 Å². The molecule has 1 aliphatic heterocycles. The molecular weight excluding hydrogens is 371 g/mol. The fourth-order valence-corrected chi connectivity index (χ4v) is 4.07. The molecule has 2 aromatic carbocycles. The summed E-state index contributed by atoms with van der Waals surface area (Å²) in [4.78, 5) is 12.4. The Bertz CT molecular complexity index is 892. The Morgan fingerprint density at radius 1 is 1.19 bits per heavy atom. The van der Waals surface area contributed by atoms with E-state index in [0.29, 0.717) is 24.4 Å². The maximum Gasteiger partial charge on any atom is 0.255 e. The molecule has 1 fully saturated rings. The van der Waals surface area contributed by atoms with E-state index in [1.54, 1.807) is 0 Å². The first-order chi connectivity index (χ1) is 12.9.